The monoisotopic (exact) mass is 284 g/mol. The highest BCUT2D eigenvalue weighted by Crippen LogP contribution is 2.38. The van der Waals surface area contributed by atoms with Crippen LogP contribution in [0.25, 0.3) is 0 Å². The normalized spacial score (nSPS) is 21.3. The number of ether oxygens (including phenoxy) is 1. The number of nitrogens with zero attached hydrogens (tertiary/aromatic N) is 1. The lowest BCUT2D eigenvalue weighted by Crippen LogP contribution is -2.50. The summed E-state index contributed by atoms with van der Waals surface area (Å²) in [5, 5.41) is 3.59. The van der Waals surface area contributed by atoms with Crippen molar-refractivity contribution in [3.05, 3.63) is 0 Å². The first-order chi connectivity index (χ1) is 9.56. The van der Waals surface area contributed by atoms with E-state index in [1.54, 1.807) is 0 Å². The molecule has 0 spiro atoms. The van der Waals surface area contributed by atoms with Gasteiger partial charge in [0.25, 0.3) is 0 Å². The largest absolute Gasteiger partial charge is 0.383 e. The molecule has 0 aliphatic carbocycles. The number of nitrogens with one attached hydrogen (secondary N) is 1. The number of rotatable bonds is 9. The SMILES string of the molecule is CCC1(CC)CCN(C(CNCC(C)C)COC)CC1. The van der Waals surface area contributed by atoms with Gasteiger partial charge < -0.3 is 10.1 Å². The zero-order valence-electron chi connectivity index (χ0n) is 14.4. The van der Waals surface area contributed by atoms with E-state index in [1.807, 2.05) is 7.11 Å². The molecule has 0 bridgehead atoms. The molecule has 0 radical (unpaired) electrons. The number of piperidine rings is 1. The molecule has 0 amide bonds. The van der Waals surface area contributed by atoms with Gasteiger partial charge in [-0.25, -0.2) is 0 Å². The molecule has 1 rings (SSSR count). The molecule has 1 fully saturated rings. The second-order valence-electron chi connectivity index (χ2n) is 6.90. The predicted octanol–water partition coefficient (Wildman–Crippen LogP) is 3.15. The molecule has 1 heterocycles. The zero-order valence-corrected chi connectivity index (χ0v) is 14.4. The minimum atomic E-state index is 0.533. The van der Waals surface area contributed by atoms with Crippen molar-refractivity contribution < 1.29 is 4.74 Å². The van der Waals surface area contributed by atoms with Crippen molar-refractivity contribution in [1.29, 1.82) is 0 Å². The fourth-order valence-electron chi connectivity index (χ4n) is 3.35. The molecule has 0 aromatic carbocycles. The first-order valence-electron chi connectivity index (χ1n) is 8.50. The summed E-state index contributed by atoms with van der Waals surface area (Å²) < 4.78 is 5.44. The predicted molar refractivity (Wildman–Crippen MR) is 87.2 cm³/mol. The molecule has 0 aromatic heterocycles. The van der Waals surface area contributed by atoms with E-state index in [0.29, 0.717) is 17.4 Å². The van der Waals surface area contributed by atoms with Gasteiger partial charge >= 0.3 is 0 Å². The fraction of sp³-hybridized carbons (Fsp3) is 1.00. The third kappa shape index (κ3) is 5.34. The van der Waals surface area contributed by atoms with Crippen LogP contribution in [0, 0.1) is 11.3 Å². The summed E-state index contributed by atoms with van der Waals surface area (Å²) in [6.45, 7) is 14.7. The van der Waals surface area contributed by atoms with Crippen LogP contribution < -0.4 is 5.32 Å². The highest BCUT2D eigenvalue weighted by Gasteiger charge is 2.33. The van der Waals surface area contributed by atoms with Crippen LogP contribution in [-0.4, -0.2) is 50.8 Å². The first kappa shape index (κ1) is 17.9. The number of likely N-dealkylation sites (tertiary alicyclic amines) is 1. The van der Waals surface area contributed by atoms with E-state index in [0.717, 1.165) is 19.7 Å². The Morgan fingerprint density at radius 2 is 1.70 bits per heavy atom. The lowest BCUT2D eigenvalue weighted by atomic mass is 9.74. The Bertz CT molecular complexity index is 241. The van der Waals surface area contributed by atoms with E-state index < -0.39 is 0 Å². The summed E-state index contributed by atoms with van der Waals surface area (Å²) in [6.07, 6.45) is 5.37. The van der Waals surface area contributed by atoms with Crippen LogP contribution in [0.2, 0.25) is 0 Å². The summed E-state index contributed by atoms with van der Waals surface area (Å²) in [4.78, 5) is 2.64. The maximum atomic E-state index is 5.44. The van der Waals surface area contributed by atoms with E-state index >= 15 is 0 Å². The van der Waals surface area contributed by atoms with Gasteiger partial charge in [-0.15, -0.1) is 0 Å². The molecule has 1 unspecified atom stereocenters. The van der Waals surface area contributed by atoms with Gasteiger partial charge in [0, 0.05) is 19.7 Å². The van der Waals surface area contributed by atoms with Crippen molar-refractivity contribution in [3.8, 4) is 0 Å². The quantitative estimate of drug-likeness (QED) is 0.704. The highest BCUT2D eigenvalue weighted by atomic mass is 16.5. The van der Waals surface area contributed by atoms with Crippen molar-refractivity contribution in [2.75, 3.05) is 39.9 Å². The molecule has 1 aliphatic heterocycles. The summed E-state index contributed by atoms with van der Waals surface area (Å²) in [5.41, 5.74) is 0.611. The summed E-state index contributed by atoms with van der Waals surface area (Å²) in [6, 6.07) is 0.533. The maximum absolute atomic E-state index is 5.44. The molecule has 3 nitrogen and oxygen atoms in total. The van der Waals surface area contributed by atoms with E-state index in [1.165, 1.54) is 38.8 Å². The molecular weight excluding hydrogens is 248 g/mol. The van der Waals surface area contributed by atoms with Crippen LogP contribution in [0.1, 0.15) is 53.4 Å². The molecular formula is C17H36N2O. The van der Waals surface area contributed by atoms with Gasteiger partial charge in [-0.2, -0.15) is 0 Å². The standard InChI is InChI=1S/C17H36N2O/c1-6-17(7-2)8-10-19(11-9-17)16(14-20-5)13-18-12-15(3)4/h15-16,18H,6-14H2,1-5H3. The van der Waals surface area contributed by atoms with E-state index in [-0.39, 0.29) is 0 Å². The van der Waals surface area contributed by atoms with Crippen LogP contribution in [0.4, 0.5) is 0 Å². The molecule has 0 saturated carbocycles. The minimum Gasteiger partial charge on any atom is -0.383 e. The average molecular weight is 284 g/mol. The van der Waals surface area contributed by atoms with Crippen molar-refractivity contribution in [2.45, 2.75) is 59.4 Å². The van der Waals surface area contributed by atoms with Gasteiger partial charge in [-0.05, 0) is 43.8 Å². The van der Waals surface area contributed by atoms with Crippen LogP contribution in [0.15, 0.2) is 0 Å². The third-order valence-corrected chi connectivity index (χ3v) is 5.17. The number of hydrogen-bond donors (Lipinski definition) is 1. The second kappa shape index (κ2) is 9.01. The Hall–Kier alpha value is -0.120. The Balaban J connectivity index is 2.44. The van der Waals surface area contributed by atoms with Gasteiger partial charge in [-0.1, -0.05) is 40.5 Å². The highest BCUT2D eigenvalue weighted by molar-refractivity contribution is 4.87. The Morgan fingerprint density at radius 3 is 2.15 bits per heavy atom. The van der Waals surface area contributed by atoms with E-state index in [9.17, 15) is 0 Å². The lowest BCUT2D eigenvalue weighted by Gasteiger charge is -2.44. The molecule has 1 N–H and O–H groups in total. The molecule has 120 valence electrons. The average Bonchev–Trinajstić information content (AvgIpc) is 2.46. The third-order valence-electron chi connectivity index (χ3n) is 5.17. The number of hydrogen-bond acceptors (Lipinski definition) is 3. The summed E-state index contributed by atoms with van der Waals surface area (Å²) in [5.74, 6) is 0.715. The smallest absolute Gasteiger partial charge is 0.0630 e. The van der Waals surface area contributed by atoms with Gasteiger partial charge in [0.05, 0.1) is 6.61 Å². The zero-order chi connectivity index (χ0) is 15.0. The molecule has 0 aromatic rings. The summed E-state index contributed by atoms with van der Waals surface area (Å²) in [7, 11) is 1.82. The van der Waals surface area contributed by atoms with E-state index in [4.69, 9.17) is 4.74 Å². The fourth-order valence-corrected chi connectivity index (χ4v) is 3.35. The molecule has 3 heteroatoms. The topological polar surface area (TPSA) is 24.5 Å². The minimum absolute atomic E-state index is 0.533. The maximum Gasteiger partial charge on any atom is 0.0630 e. The second-order valence-corrected chi connectivity index (χ2v) is 6.90. The Labute approximate surface area is 126 Å². The van der Waals surface area contributed by atoms with E-state index in [2.05, 4.69) is 37.9 Å². The molecule has 1 saturated heterocycles. The van der Waals surface area contributed by atoms with Gasteiger partial charge in [0.1, 0.15) is 0 Å². The van der Waals surface area contributed by atoms with Crippen LogP contribution in [-0.2, 0) is 4.74 Å². The van der Waals surface area contributed by atoms with Crippen LogP contribution in [0.3, 0.4) is 0 Å². The van der Waals surface area contributed by atoms with Crippen LogP contribution >= 0.6 is 0 Å². The van der Waals surface area contributed by atoms with Gasteiger partial charge in [-0.3, -0.25) is 4.90 Å². The Morgan fingerprint density at radius 1 is 1.10 bits per heavy atom. The van der Waals surface area contributed by atoms with Crippen molar-refractivity contribution >= 4 is 0 Å². The van der Waals surface area contributed by atoms with Gasteiger partial charge in [0.15, 0.2) is 0 Å². The van der Waals surface area contributed by atoms with Crippen molar-refractivity contribution in [3.63, 3.8) is 0 Å². The van der Waals surface area contributed by atoms with Gasteiger partial charge in [0.2, 0.25) is 0 Å². The molecule has 1 aliphatic rings. The van der Waals surface area contributed by atoms with Crippen LogP contribution in [0.5, 0.6) is 0 Å². The molecule has 20 heavy (non-hydrogen) atoms. The summed E-state index contributed by atoms with van der Waals surface area (Å²) >= 11 is 0. The van der Waals surface area contributed by atoms with Crippen molar-refractivity contribution in [1.82, 2.24) is 10.2 Å². The lowest BCUT2D eigenvalue weighted by molar-refractivity contribution is 0.0318. The first-order valence-corrected chi connectivity index (χ1v) is 8.50. The van der Waals surface area contributed by atoms with Crippen molar-refractivity contribution in [2.24, 2.45) is 11.3 Å². The molecule has 1 atom stereocenters. The number of methoxy groups -OCH3 is 1. The Kier molecular flexibility index (Phi) is 8.08.